The van der Waals surface area contributed by atoms with Gasteiger partial charge in [-0.05, 0) is 77.9 Å². The van der Waals surface area contributed by atoms with Gasteiger partial charge in [0.2, 0.25) is 0 Å². The van der Waals surface area contributed by atoms with Gasteiger partial charge in [0.15, 0.2) is 0 Å². The third-order valence-corrected chi connectivity index (χ3v) is 6.62. The largest absolute Gasteiger partial charge is 0.0698 e. The van der Waals surface area contributed by atoms with Gasteiger partial charge in [-0.25, -0.2) is 0 Å². The second-order valence-electron chi connectivity index (χ2n) is 10.4. The fourth-order valence-corrected chi connectivity index (χ4v) is 4.17. The molecule has 0 heteroatoms. The fraction of sp³-hybridized carbons (Fsp3) is 0.297. The van der Waals surface area contributed by atoms with Gasteiger partial charge in [-0.2, -0.15) is 0 Å². The Hall–Kier alpha value is -3.38. The molecule has 0 amide bonds. The molecule has 0 radical (unpaired) electrons. The summed E-state index contributed by atoms with van der Waals surface area (Å²) in [6, 6.07) is 8.57. The topological polar surface area (TPSA) is 0 Å². The summed E-state index contributed by atoms with van der Waals surface area (Å²) in [7, 11) is 0. The zero-order chi connectivity index (χ0) is 27.0. The minimum Gasteiger partial charge on any atom is -0.0698 e. The third-order valence-electron chi connectivity index (χ3n) is 6.62. The molecule has 1 aliphatic carbocycles. The average molecular weight is 491 g/mol. The number of allylic oxidation sites excluding steroid dienone is 19. The molecule has 0 bridgehead atoms. The predicted molar refractivity (Wildman–Crippen MR) is 168 cm³/mol. The standard InChI is InChI=1S/C37H46/c1-29(15-10-17-31(3)21-25-36-26-22-33(5)23-27-36)13-8-9-14-30(2)16-11-18-32(4)24-28-37-34(6)19-12-20-35(37)7/h8-11,13-18,21-28,34H,12,19-20H2,1-7H3/b9-8+,15-10+,16-11+,25-21+,28-24+,29-13+,30-14+,31-17+,32-18+. The van der Waals surface area contributed by atoms with Crippen LogP contribution < -0.4 is 0 Å². The first-order valence-corrected chi connectivity index (χ1v) is 13.6. The molecule has 1 atom stereocenters. The Balaban J connectivity index is 1.83. The van der Waals surface area contributed by atoms with Gasteiger partial charge < -0.3 is 0 Å². The van der Waals surface area contributed by atoms with E-state index in [0.717, 1.165) is 0 Å². The highest BCUT2D eigenvalue weighted by Gasteiger charge is 2.14. The Labute approximate surface area is 227 Å². The van der Waals surface area contributed by atoms with E-state index in [4.69, 9.17) is 0 Å². The van der Waals surface area contributed by atoms with E-state index in [1.807, 2.05) is 0 Å². The Morgan fingerprint density at radius 1 is 0.649 bits per heavy atom. The lowest BCUT2D eigenvalue weighted by Crippen LogP contribution is -2.06. The number of hydrogen-bond donors (Lipinski definition) is 0. The summed E-state index contributed by atoms with van der Waals surface area (Å²) in [6.45, 7) is 15.3. The summed E-state index contributed by atoms with van der Waals surface area (Å²) in [6.07, 6.45) is 34.1. The minimum atomic E-state index is 0.686. The molecule has 1 aromatic carbocycles. The quantitative estimate of drug-likeness (QED) is 0.286. The van der Waals surface area contributed by atoms with Crippen molar-refractivity contribution >= 4 is 6.08 Å². The van der Waals surface area contributed by atoms with Crippen LogP contribution in [0.25, 0.3) is 6.08 Å². The first-order valence-electron chi connectivity index (χ1n) is 13.6. The van der Waals surface area contributed by atoms with Crippen LogP contribution in [0.4, 0.5) is 0 Å². The molecule has 0 N–H and O–H groups in total. The monoisotopic (exact) mass is 490 g/mol. The molecule has 37 heavy (non-hydrogen) atoms. The molecular weight excluding hydrogens is 444 g/mol. The Morgan fingerprint density at radius 2 is 1.14 bits per heavy atom. The molecule has 0 aromatic heterocycles. The SMILES string of the molecule is CC1=C(/C=C/C(C)=C/C=C/C(C)=C/C=C/C=C(C)/C=C/C=C(C)/C=C/c2ccc(C)cc2)C(C)CCC1. The second-order valence-corrected chi connectivity index (χ2v) is 10.4. The molecule has 194 valence electrons. The first kappa shape index (κ1) is 29.8. The molecule has 0 fully saturated rings. The van der Waals surface area contributed by atoms with Crippen LogP contribution in [0.15, 0.2) is 137 Å². The highest BCUT2D eigenvalue weighted by Crippen LogP contribution is 2.30. The molecule has 0 saturated carbocycles. The van der Waals surface area contributed by atoms with Gasteiger partial charge in [0.25, 0.3) is 0 Å². The summed E-state index contributed by atoms with van der Waals surface area (Å²) in [5.74, 6) is 0.686. The van der Waals surface area contributed by atoms with Crippen LogP contribution in [0, 0.1) is 12.8 Å². The van der Waals surface area contributed by atoms with Crippen molar-refractivity contribution in [2.75, 3.05) is 0 Å². The van der Waals surface area contributed by atoms with Crippen LogP contribution in [0.2, 0.25) is 0 Å². The predicted octanol–water partition coefficient (Wildman–Crippen LogP) is 11.2. The molecule has 1 aliphatic rings. The van der Waals surface area contributed by atoms with E-state index in [0.29, 0.717) is 5.92 Å². The van der Waals surface area contributed by atoms with Crippen LogP contribution in [-0.4, -0.2) is 0 Å². The molecule has 1 aromatic rings. The van der Waals surface area contributed by atoms with Crippen LogP contribution in [0.3, 0.4) is 0 Å². The summed E-state index contributed by atoms with van der Waals surface area (Å²) in [5.41, 5.74) is 10.5. The summed E-state index contributed by atoms with van der Waals surface area (Å²) in [4.78, 5) is 0. The minimum absolute atomic E-state index is 0.686. The Morgan fingerprint density at radius 3 is 1.68 bits per heavy atom. The van der Waals surface area contributed by atoms with Crippen LogP contribution >= 0.6 is 0 Å². The second kappa shape index (κ2) is 16.4. The highest BCUT2D eigenvalue weighted by molar-refractivity contribution is 5.53. The van der Waals surface area contributed by atoms with Crippen molar-refractivity contribution in [1.82, 2.24) is 0 Å². The van der Waals surface area contributed by atoms with Gasteiger partial charge in [0, 0.05) is 0 Å². The van der Waals surface area contributed by atoms with Crippen LogP contribution in [0.1, 0.15) is 71.9 Å². The third kappa shape index (κ3) is 12.4. The number of benzene rings is 1. The summed E-state index contributed by atoms with van der Waals surface area (Å²) < 4.78 is 0. The summed E-state index contributed by atoms with van der Waals surface area (Å²) >= 11 is 0. The first-order chi connectivity index (χ1) is 17.7. The maximum atomic E-state index is 2.35. The van der Waals surface area contributed by atoms with E-state index < -0.39 is 0 Å². The van der Waals surface area contributed by atoms with Gasteiger partial charge in [-0.15, -0.1) is 0 Å². The molecule has 1 unspecified atom stereocenters. The average Bonchev–Trinajstić information content (AvgIpc) is 2.86. The fourth-order valence-electron chi connectivity index (χ4n) is 4.17. The zero-order valence-electron chi connectivity index (χ0n) is 24.1. The van der Waals surface area contributed by atoms with Crippen molar-refractivity contribution in [3.63, 3.8) is 0 Å². The maximum Gasteiger partial charge on any atom is -0.0191 e. The van der Waals surface area contributed by atoms with Gasteiger partial charge in [-0.1, -0.05) is 150 Å². The lowest BCUT2D eigenvalue weighted by atomic mass is 9.84. The van der Waals surface area contributed by atoms with Crippen molar-refractivity contribution < 1.29 is 0 Å². The zero-order valence-corrected chi connectivity index (χ0v) is 24.1. The van der Waals surface area contributed by atoms with Gasteiger partial charge in [0.1, 0.15) is 0 Å². The lowest BCUT2D eigenvalue weighted by Gasteiger charge is -2.22. The molecule has 0 saturated heterocycles. The highest BCUT2D eigenvalue weighted by atomic mass is 14.2. The van der Waals surface area contributed by atoms with E-state index in [2.05, 4.69) is 158 Å². The van der Waals surface area contributed by atoms with Crippen molar-refractivity contribution in [3.8, 4) is 0 Å². The van der Waals surface area contributed by atoms with Gasteiger partial charge >= 0.3 is 0 Å². The summed E-state index contributed by atoms with van der Waals surface area (Å²) in [5, 5.41) is 0. The lowest BCUT2D eigenvalue weighted by molar-refractivity contribution is 0.546. The Bertz CT molecular complexity index is 1170. The van der Waals surface area contributed by atoms with E-state index in [1.54, 1.807) is 5.57 Å². The van der Waals surface area contributed by atoms with Gasteiger partial charge in [0.05, 0.1) is 0 Å². The maximum absolute atomic E-state index is 2.35. The molecule has 0 aliphatic heterocycles. The van der Waals surface area contributed by atoms with Crippen molar-refractivity contribution in [1.29, 1.82) is 0 Å². The van der Waals surface area contributed by atoms with E-state index >= 15 is 0 Å². The number of hydrogen-bond acceptors (Lipinski definition) is 0. The number of rotatable bonds is 10. The van der Waals surface area contributed by atoms with Crippen molar-refractivity contribution in [2.24, 2.45) is 5.92 Å². The smallest absolute Gasteiger partial charge is 0.0191 e. The van der Waals surface area contributed by atoms with Crippen molar-refractivity contribution in [3.05, 3.63) is 148 Å². The van der Waals surface area contributed by atoms with Crippen molar-refractivity contribution in [2.45, 2.75) is 67.7 Å². The van der Waals surface area contributed by atoms with Crippen LogP contribution in [-0.2, 0) is 0 Å². The normalized spacial score (nSPS) is 19.2. The van der Waals surface area contributed by atoms with E-state index in [-0.39, 0.29) is 0 Å². The molecule has 0 nitrogen and oxygen atoms in total. The van der Waals surface area contributed by atoms with E-state index in [1.165, 1.54) is 58.3 Å². The number of aryl methyl sites for hydroxylation is 1. The van der Waals surface area contributed by atoms with Gasteiger partial charge in [-0.3, -0.25) is 0 Å². The molecule has 2 rings (SSSR count). The van der Waals surface area contributed by atoms with Crippen LogP contribution in [0.5, 0.6) is 0 Å². The molecule has 0 spiro atoms. The Kier molecular flexibility index (Phi) is 13.2. The molecule has 0 heterocycles. The molecular formula is C37H46. The van der Waals surface area contributed by atoms with E-state index in [9.17, 15) is 0 Å².